The van der Waals surface area contributed by atoms with Gasteiger partial charge in [0.1, 0.15) is 29.8 Å². The molecule has 1 aromatic rings. The molecule has 0 aromatic carbocycles. The minimum absolute atomic E-state index is 0.0521. The van der Waals surface area contributed by atoms with Gasteiger partial charge < -0.3 is 35.1 Å². The van der Waals surface area contributed by atoms with Crippen molar-refractivity contribution >= 4 is 23.6 Å². The van der Waals surface area contributed by atoms with Gasteiger partial charge in [-0.1, -0.05) is 12.8 Å². The number of anilines is 1. The Hall–Kier alpha value is -2.90. The summed E-state index contributed by atoms with van der Waals surface area (Å²) < 4.78 is 26.1. The summed E-state index contributed by atoms with van der Waals surface area (Å²) in [7, 11) is 0. The first kappa shape index (κ1) is 29.3. The molecular weight excluding hydrogens is 479 g/mol. The molecule has 0 bridgehead atoms. The summed E-state index contributed by atoms with van der Waals surface area (Å²) in [4.78, 5) is 52.3. The van der Waals surface area contributed by atoms with Crippen molar-refractivity contribution < 1.29 is 38.5 Å². The highest BCUT2D eigenvalue weighted by Gasteiger charge is 2.35. The largest absolute Gasteiger partial charge is 0.444 e. The number of carbonyl (C=O) groups is 3. The van der Waals surface area contributed by atoms with E-state index < -0.39 is 66.0 Å². The lowest BCUT2D eigenvalue weighted by Gasteiger charge is -2.23. The van der Waals surface area contributed by atoms with E-state index in [1.54, 1.807) is 20.8 Å². The van der Waals surface area contributed by atoms with Crippen molar-refractivity contribution in [1.29, 1.82) is 0 Å². The number of halogens is 1. The highest BCUT2D eigenvalue weighted by molar-refractivity contribution is 5.95. The van der Waals surface area contributed by atoms with Crippen LogP contribution in [0.2, 0.25) is 0 Å². The molecule has 2 heterocycles. The van der Waals surface area contributed by atoms with Crippen molar-refractivity contribution in [3.05, 3.63) is 22.5 Å². The number of ether oxygens (including phenoxy) is 2. The van der Waals surface area contributed by atoms with Crippen LogP contribution in [0.15, 0.2) is 11.0 Å². The fraction of sp³-hybridized carbons (Fsp3) is 0.696. The van der Waals surface area contributed by atoms with E-state index in [2.05, 4.69) is 15.6 Å². The Labute approximate surface area is 208 Å². The van der Waals surface area contributed by atoms with Crippen molar-refractivity contribution in [3.8, 4) is 0 Å². The molecule has 13 heteroatoms. The molecule has 4 atom stereocenters. The fourth-order valence-electron chi connectivity index (χ4n) is 3.61. The number of carbonyl (C=O) groups excluding carboxylic acids is 3. The van der Waals surface area contributed by atoms with E-state index in [4.69, 9.17) is 9.47 Å². The second kappa shape index (κ2) is 12.9. The Morgan fingerprint density at radius 1 is 1.31 bits per heavy atom. The molecule has 1 aliphatic rings. The average molecular weight is 515 g/mol. The fourth-order valence-corrected chi connectivity index (χ4v) is 3.61. The van der Waals surface area contributed by atoms with E-state index in [1.165, 1.54) is 6.92 Å². The topological polar surface area (TPSA) is 169 Å². The summed E-state index contributed by atoms with van der Waals surface area (Å²) in [6, 6.07) is -1.11. The molecule has 2 unspecified atom stereocenters. The number of aromatic nitrogens is 2. The highest BCUT2D eigenvalue weighted by atomic mass is 19.1. The van der Waals surface area contributed by atoms with Crippen LogP contribution in [0.1, 0.15) is 72.4 Å². The van der Waals surface area contributed by atoms with Gasteiger partial charge in [0.25, 0.3) is 0 Å². The second-order valence-electron chi connectivity index (χ2n) is 9.73. The first-order valence-corrected chi connectivity index (χ1v) is 11.8. The zero-order valence-electron chi connectivity index (χ0n) is 21.0. The Kier molecular flexibility index (Phi) is 10.5. The van der Waals surface area contributed by atoms with E-state index in [-0.39, 0.29) is 18.6 Å². The van der Waals surface area contributed by atoms with Gasteiger partial charge in [-0.25, -0.2) is 14.0 Å². The van der Waals surface area contributed by atoms with Crippen molar-refractivity contribution in [2.75, 3.05) is 11.9 Å². The normalized spacial score (nSPS) is 20.6. The number of Topliss-reactive ketones (excluding diaryl/α,β-unsaturated/α-hetero) is 1. The Morgan fingerprint density at radius 2 is 2.00 bits per heavy atom. The maximum absolute atomic E-state index is 14.7. The number of ketones is 1. The number of aliphatic hydroxyl groups is 2. The molecule has 0 saturated carbocycles. The van der Waals surface area contributed by atoms with Gasteiger partial charge in [-0.05, 0) is 40.5 Å². The molecule has 2 amide bonds. The maximum Gasteiger partial charge on any atom is 0.408 e. The van der Waals surface area contributed by atoms with Crippen molar-refractivity contribution in [1.82, 2.24) is 14.9 Å². The molecule has 36 heavy (non-hydrogen) atoms. The molecule has 1 aromatic heterocycles. The Morgan fingerprint density at radius 3 is 2.58 bits per heavy atom. The van der Waals surface area contributed by atoms with E-state index >= 15 is 0 Å². The summed E-state index contributed by atoms with van der Waals surface area (Å²) in [6.07, 6.45) is -0.762. The Bertz CT molecular complexity index is 993. The van der Waals surface area contributed by atoms with Crippen LogP contribution in [-0.4, -0.2) is 68.0 Å². The van der Waals surface area contributed by atoms with Crippen LogP contribution >= 0.6 is 0 Å². The van der Waals surface area contributed by atoms with Gasteiger partial charge >= 0.3 is 11.8 Å². The highest BCUT2D eigenvalue weighted by Crippen LogP contribution is 2.27. The van der Waals surface area contributed by atoms with Gasteiger partial charge in [0, 0.05) is 12.8 Å². The lowest BCUT2D eigenvalue weighted by molar-refractivity contribution is -0.119. The summed E-state index contributed by atoms with van der Waals surface area (Å²) in [5.41, 5.74) is -1.75. The second-order valence-corrected chi connectivity index (χ2v) is 9.73. The molecule has 2 rings (SSSR count). The van der Waals surface area contributed by atoms with Gasteiger partial charge in [-0.3, -0.25) is 9.36 Å². The van der Waals surface area contributed by atoms with Crippen LogP contribution in [0.25, 0.3) is 0 Å². The first-order valence-electron chi connectivity index (χ1n) is 11.8. The van der Waals surface area contributed by atoms with Crippen LogP contribution in [0.4, 0.5) is 15.0 Å². The number of hydrogen-bond acceptors (Lipinski definition) is 9. The summed E-state index contributed by atoms with van der Waals surface area (Å²) >= 11 is 0. The molecule has 0 radical (unpaired) electrons. The third kappa shape index (κ3) is 8.95. The van der Waals surface area contributed by atoms with Crippen molar-refractivity contribution in [2.45, 2.75) is 96.3 Å². The number of unbranched alkanes of at least 4 members (excludes halogenated alkanes) is 2. The number of hydrogen-bond donors (Lipinski definition) is 4. The summed E-state index contributed by atoms with van der Waals surface area (Å²) in [6.45, 7) is 5.99. The third-order valence-electron chi connectivity index (χ3n) is 5.37. The molecule has 202 valence electrons. The minimum Gasteiger partial charge on any atom is -0.444 e. The standard InChI is InChI=1S/C23H35FN4O8/c1-13(30)8-6-5-7-9-15(25-22(34)36-23(2,3)4)20(32)26-19-14(24)11-28(21(33)27-19)18-10-16(31)17(12-29)35-18/h11,15-18,29,31H,5-10,12H2,1-4H3,(H,25,34)(H,26,27,32,33)/t15?,16?,17-,18-/m1/s1. The van der Waals surface area contributed by atoms with Crippen LogP contribution < -0.4 is 16.3 Å². The van der Waals surface area contributed by atoms with Gasteiger partial charge in [-0.2, -0.15) is 4.98 Å². The smallest absolute Gasteiger partial charge is 0.408 e. The van der Waals surface area contributed by atoms with E-state index in [9.17, 15) is 33.8 Å². The lowest BCUT2D eigenvalue weighted by atomic mass is 10.1. The van der Waals surface area contributed by atoms with E-state index in [1.807, 2.05) is 0 Å². The van der Waals surface area contributed by atoms with E-state index in [0.29, 0.717) is 25.7 Å². The number of rotatable bonds is 11. The third-order valence-corrected chi connectivity index (χ3v) is 5.37. The average Bonchev–Trinajstić information content (AvgIpc) is 3.13. The van der Waals surface area contributed by atoms with Crippen LogP contribution in [-0.2, 0) is 19.1 Å². The van der Waals surface area contributed by atoms with Gasteiger partial charge in [0.2, 0.25) is 5.91 Å². The minimum atomic E-state index is -1.11. The molecule has 4 N–H and O–H groups in total. The first-order chi connectivity index (χ1) is 16.8. The molecule has 0 aliphatic carbocycles. The van der Waals surface area contributed by atoms with Gasteiger partial charge in [0.15, 0.2) is 11.6 Å². The summed E-state index contributed by atoms with van der Waals surface area (Å²) in [5, 5.41) is 23.7. The molecule has 1 aliphatic heterocycles. The van der Waals surface area contributed by atoms with E-state index in [0.717, 1.165) is 10.8 Å². The van der Waals surface area contributed by atoms with Crippen molar-refractivity contribution in [2.24, 2.45) is 0 Å². The number of alkyl carbamates (subject to hydrolysis) is 1. The summed E-state index contributed by atoms with van der Waals surface area (Å²) in [5.74, 6) is -2.42. The molecule has 12 nitrogen and oxygen atoms in total. The molecule has 0 spiro atoms. The predicted molar refractivity (Wildman–Crippen MR) is 126 cm³/mol. The predicted octanol–water partition coefficient (Wildman–Crippen LogP) is 1.39. The van der Waals surface area contributed by atoms with Crippen LogP contribution in [0, 0.1) is 5.82 Å². The van der Waals surface area contributed by atoms with Gasteiger partial charge in [0.05, 0.1) is 18.9 Å². The van der Waals surface area contributed by atoms with Gasteiger partial charge in [-0.15, -0.1) is 0 Å². The van der Waals surface area contributed by atoms with Crippen LogP contribution in [0.3, 0.4) is 0 Å². The number of nitrogens with one attached hydrogen (secondary N) is 2. The number of nitrogens with zero attached hydrogens (tertiary/aromatic N) is 2. The Balaban J connectivity index is 2.12. The number of amides is 2. The van der Waals surface area contributed by atoms with Crippen LogP contribution in [0.5, 0.6) is 0 Å². The quantitative estimate of drug-likeness (QED) is 0.319. The maximum atomic E-state index is 14.7. The molecular formula is C23H35FN4O8. The lowest BCUT2D eigenvalue weighted by Crippen LogP contribution is -2.46. The number of aliphatic hydroxyl groups excluding tert-OH is 2. The molecule has 1 saturated heterocycles. The zero-order chi connectivity index (χ0) is 27.0. The molecule has 1 fully saturated rings. The van der Waals surface area contributed by atoms with Crippen molar-refractivity contribution in [3.63, 3.8) is 0 Å². The monoisotopic (exact) mass is 514 g/mol. The SMILES string of the molecule is CC(=O)CCCCCC(NC(=O)OC(C)(C)C)C(=O)Nc1nc(=O)n([C@H]2CC(O)[C@@H](CO)O2)cc1F. The zero-order valence-corrected chi connectivity index (χ0v) is 21.0.